The van der Waals surface area contributed by atoms with Crippen LogP contribution >= 0.6 is 11.3 Å². The number of anilines is 1. The van der Waals surface area contributed by atoms with Crippen molar-refractivity contribution in [3.63, 3.8) is 0 Å². The molecule has 0 aliphatic carbocycles. The molecule has 2 heterocycles. The lowest BCUT2D eigenvalue weighted by atomic mass is 10.1. The fourth-order valence-corrected chi connectivity index (χ4v) is 2.51. The number of azo groups is 1. The Balaban J connectivity index is 2.04. The van der Waals surface area contributed by atoms with Gasteiger partial charge in [-0.2, -0.15) is 5.10 Å². The molecule has 0 aliphatic rings. The highest BCUT2D eigenvalue weighted by Crippen LogP contribution is 2.35. The Kier molecular flexibility index (Phi) is 3.49. The first kappa shape index (κ1) is 13.4. The van der Waals surface area contributed by atoms with Crippen LogP contribution < -0.4 is 5.73 Å². The summed E-state index contributed by atoms with van der Waals surface area (Å²) in [5.74, 6) is 0.478. The summed E-state index contributed by atoms with van der Waals surface area (Å²) in [4.78, 5) is 4.25. The summed E-state index contributed by atoms with van der Waals surface area (Å²) in [6.07, 6.45) is 0. The Hall–Kier alpha value is -2.54. The summed E-state index contributed by atoms with van der Waals surface area (Å²) in [5.41, 5.74) is 9.20. The average molecular weight is 298 g/mol. The molecule has 1 aromatic carbocycles. The van der Waals surface area contributed by atoms with Crippen molar-refractivity contribution in [2.45, 2.75) is 6.92 Å². The maximum atomic E-state index is 6.04. The second-order valence-electron chi connectivity index (χ2n) is 4.54. The first-order valence-corrected chi connectivity index (χ1v) is 7.25. The summed E-state index contributed by atoms with van der Waals surface area (Å²) < 4.78 is 1.60. The van der Waals surface area contributed by atoms with Crippen LogP contribution in [0.4, 0.5) is 16.6 Å². The number of benzene rings is 1. The maximum Gasteiger partial charge on any atom is 0.230 e. The van der Waals surface area contributed by atoms with E-state index in [1.165, 1.54) is 11.3 Å². The molecule has 0 atom stereocenters. The van der Waals surface area contributed by atoms with Crippen molar-refractivity contribution in [1.29, 1.82) is 0 Å². The van der Waals surface area contributed by atoms with E-state index < -0.39 is 0 Å². The summed E-state index contributed by atoms with van der Waals surface area (Å²) in [7, 11) is 1.79. The fraction of sp³-hybridized carbons (Fsp3) is 0.143. The topological polar surface area (TPSA) is 81.5 Å². The molecule has 0 saturated heterocycles. The monoisotopic (exact) mass is 298 g/mol. The van der Waals surface area contributed by atoms with Crippen LogP contribution in [0.5, 0.6) is 0 Å². The number of nitrogens with zero attached hydrogens (tertiary/aromatic N) is 5. The van der Waals surface area contributed by atoms with E-state index in [9.17, 15) is 0 Å². The van der Waals surface area contributed by atoms with Crippen LogP contribution in [0, 0.1) is 6.92 Å². The van der Waals surface area contributed by atoms with Gasteiger partial charge in [0.2, 0.25) is 5.13 Å². The van der Waals surface area contributed by atoms with Gasteiger partial charge in [-0.05, 0) is 6.92 Å². The molecule has 7 heteroatoms. The SMILES string of the molecule is Cc1csc(N=Nc2c(-c3ccccc3)nn(C)c2N)n1. The van der Waals surface area contributed by atoms with Crippen LogP contribution in [-0.4, -0.2) is 14.8 Å². The van der Waals surface area contributed by atoms with E-state index in [-0.39, 0.29) is 0 Å². The predicted molar refractivity (Wildman–Crippen MR) is 84.1 cm³/mol. The van der Waals surface area contributed by atoms with Gasteiger partial charge in [-0.3, -0.25) is 4.68 Å². The summed E-state index contributed by atoms with van der Waals surface area (Å²) in [6, 6.07) is 9.79. The first-order valence-electron chi connectivity index (χ1n) is 6.37. The zero-order chi connectivity index (χ0) is 14.8. The predicted octanol–water partition coefficient (Wildman–Crippen LogP) is 3.85. The molecule has 0 amide bonds. The lowest BCUT2D eigenvalue weighted by Crippen LogP contribution is -1.96. The molecule has 0 bridgehead atoms. The molecule has 2 aromatic heterocycles. The van der Waals surface area contributed by atoms with Crippen molar-refractivity contribution in [2.24, 2.45) is 17.3 Å². The second-order valence-corrected chi connectivity index (χ2v) is 5.38. The smallest absolute Gasteiger partial charge is 0.230 e. The van der Waals surface area contributed by atoms with Crippen molar-refractivity contribution >= 4 is 28.0 Å². The molecular weight excluding hydrogens is 284 g/mol. The number of nitrogens with two attached hydrogens (primary N) is 1. The second kappa shape index (κ2) is 5.45. The zero-order valence-corrected chi connectivity index (χ0v) is 12.5. The van der Waals surface area contributed by atoms with Gasteiger partial charge in [0.05, 0.1) is 5.69 Å². The molecular formula is C14H14N6S. The van der Waals surface area contributed by atoms with Crippen LogP contribution in [0.3, 0.4) is 0 Å². The lowest BCUT2D eigenvalue weighted by Gasteiger charge is -1.97. The van der Waals surface area contributed by atoms with E-state index in [0.29, 0.717) is 22.3 Å². The van der Waals surface area contributed by atoms with Gasteiger partial charge in [-0.15, -0.1) is 21.6 Å². The third kappa shape index (κ3) is 2.68. The number of hydrogen-bond donors (Lipinski definition) is 1. The Morgan fingerprint density at radius 3 is 2.62 bits per heavy atom. The standard InChI is InChI=1S/C14H14N6S/c1-9-8-21-14(16-9)18-17-12-11(19-20(2)13(12)15)10-6-4-3-5-7-10/h3-8H,15H2,1-2H3. The van der Waals surface area contributed by atoms with Crippen LogP contribution in [-0.2, 0) is 7.05 Å². The maximum absolute atomic E-state index is 6.04. The van der Waals surface area contributed by atoms with Crippen molar-refractivity contribution < 1.29 is 0 Å². The Morgan fingerprint density at radius 1 is 1.19 bits per heavy atom. The number of nitrogen functional groups attached to an aromatic ring is 1. The molecule has 0 spiro atoms. The van der Waals surface area contributed by atoms with Gasteiger partial charge in [0.25, 0.3) is 0 Å². The van der Waals surface area contributed by atoms with Crippen LogP contribution in [0.25, 0.3) is 11.3 Å². The summed E-state index contributed by atoms with van der Waals surface area (Å²) >= 11 is 1.44. The van der Waals surface area contributed by atoms with Gasteiger partial charge >= 0.3 is 0 Å². The van der Waals surface area contributed by atoms with E-state index in [1.54, 1.807) is 11.7 Å². The number of hydrogen-bond acceptors (Lipinski definition) is 6. The molecule has 0 radical (unpaired) electrons. The number of aromatic nitrogens is 3. The number of thiazole rings is 1. The van der Waals surface area contributed by atoms with Gasteiger partial charge in [0.1, 0.15) is 11.5 Å². The molecule has 0 aliphatic heterocycles. The van der Waals surface area contributed by atoms with Crippen molar-refractivity contribution in [1.82, 2.24) is 14.8 Å². The number of rotatable bonds is 3. The highest BCUT2D eigenvalue weighted by molar-refractivity contribution is 7.13. The Labute approximate surface area is 126 Å². The van der Waals surface area contributed by atoms with Crippen LogP contribution in [0.1, 0.15) is 5.69 Å². The quantitative estimate of drug-likeness (QED) is 0.746. The highest BCUT2D eigenvalue weighted by atomic mass is 32.1. The average Bonchev–Trinajstić information content (AvgIpc) is 3.03. The van der Waals surface area contributed by atoms with E-state index in [1.807, 2.05) is 42.6 Å². The van der Waals surface area contributed by atoms with E-state index in [2.05, 4.69) is 20.3 Å². The zero-order valence-electron chi connectivity index (χ0n) is 11.7. The lowest BCUT2D eigenvalue weighted by molar-refractivity contribution is 0.782. The fourth-order valence-electron chi connectivity index (χ4n) is 1.90. The minimum atomic E-state index is 0.478. The Morgan fingerprint density at radius 2 is 1.95 bits per heavy atom. The minimum absolute atomic E-state index is 0.478. The molecule has 106 valence electrons. The molecule has 3 aromatic rings. The van der Waals surface area contributed by atoms with E-state index >= 15 is 0 Å². The van der Waals surface area contributed by atoms with Gasteiger partial charge in [0.15, 0.2) is 5.69 Å². The summed E-state index contributed by atoms with van der Waals surface area (Å²) in [6.45, 7) is 1.92. The van der Waals surface area contributed by atoms with Gasteiger partial charge in [0, 0.05) is 18.0 Å². The van der Waals surface area contributed by atoms with Crippen molar-refractivity contribution in [3.8, 4) is 11.3 Å². The van der Waals surface area contributed by atoms with Crippen LogP contribution in [0.15, 0.2) is 45.9 Å². The summed E-state index contributed by atoms with van der Waals surface area (Å²) in [5, 5.41) is 15.4. The molecule has 3 rings (SSSR count). The highest BCUT2D eigenvalue weighted by Gasteiger charge is 2.15. The first-order chi connectivity index (χ1) is 10.1. The molecule has 2 N–H and O–H groups in total. The molecule has 21 heavy (non-hydrogen) atoms. The minimum Gasteiger partial charge on any atom is -0.382 e. The van der Waals surface area contributed by atoms with Gasteiger partial charge < -0.3 is 5.73 Å². The Bertz CT molecular complexity index is 787. The van der Waals surface area contributed by atoms with E-state index in [4.69, 9.17) is 5.73 Å². The van der Waals surface area contributed by atoms with Crippen molar-refractivity contribution in [3.05, 3.63) is 41.4 Å². The number of aryl methyl sites for hydroxylation is 2. The molecule has 0 fully saturated rings. The molecule has 0 saturated carbocycles. The van der Waals surface area contributed by atoms with E-state index in [0.717, 1.165) is 11.3 Å². The van der Waals surface area contributed by atoms with Crippen molar-refractivity contribution in [2.75, 3.05) is 5.73 Å². The molecule has 6 nitrogen and oxygen atoms in total. The van der Waals surface area contributed by atoms with Crippen LogP contribution in [0.2, 0.25) is 0 Å². The normalized spacial score (nSPS) is 11.3. The van der Waals surface area contributed by atoms with Gasteiger partial charge in [-0.25, -0.2) is 4.98 Å². The third-order valence-electron chi connectivity index (χ3n) is 2.96. The third-order valence-corrected chi connectivity index (χ3v) is 3.80. The van der Waals surface area contributed by atoms with Gasteiger partial charge in [-0.1, -0.05) is 30.3 Å². The molecule has 0 unspecified atom stereocenters. The largest absolute Gasteiger partial charge is 0.382 e.